The summed E-state index contributed by atoms with van der Waals surface area (Å²) in [4.78, 5) is 15.1. The third kappa shape index (κ3) is 2.47. The van der Waals surface area contributed by atoms with Crippen molar-refractivity contribution in [3.8, 4) is 0 Å². The molecule has 4 fully saturated rings. The van der Waals surface area contributed by atoms with E-state index in [1.54, 1.807) is 6.26 Å². The first kappa shape index (κ1) is 15.9. The van der Waals surface area contributed by atoms with Crippen molar-refractivity contribution in [2.24, 2.45) is 11.8 Å². The molecule has 136 valence electrons. The first-order valence-corrected chi connectivity index (χ1v) is 9.90. The topological polar surface area (TPSA) is 54.7 Å². The number of fused-ring (bicyclic) bond motifs is 1. The zero-order valence-electron chi connectivity index (χ0n) is 15.0. The fourth-order valence-corrected chi connectivity index (χ4v) is 5.94. The zero-order valence-corrected chi connectivity index (χ0v) is 15.0. The molecule has 4 heterocycles. The average molecular weight is 344 g/mol. The van der Waals surface area contributed by atoms with E-state index in [1.165, 1.54) is 32.1 Å². The average Bonchev–Trinajstić information content (AvgIpc) is 3.37. The van der Waals surface area contributed by atoms with Gasteiger partial charge >= 0.3 is 0 Å². The molecule has 0 unspecified atom stereocenters. The summed E-state index contributed by atoms with van der Waals surface area (Å²) in [5, 5.41) is 3.12. The van der Waals surface area contributed by atoms with Gasteiger partial charge in [0, 0.05) is 43.1 Å². The van der Waals surface area contributed by atoms with Crippen molar-refractivity contribution in [1.82, 2.24) is 10.2 Å². The zero-order chi connectivity index (χ0) is 17.0. The molecule has 1 spiro atoms. The maximum atomic E-state index is 12.4. The van der Waals surface area contributed by atoms with Crippen LogP contribution < -0.4 is 5.32 Å². The van der Waals surface area contributed by atoms with Crippen molar-refractivity contribution in [3.63, 3.8) is 0 Å². The van der Waals surface area contributed by atoms with Crippen LogP contribution in [-0.4, -0.2) is 48.2 Å². The number of furan rings is 1. The highest BCUT2D eigenvalue weighted by Gasteiger charge is 2.63. The van der Waals surface area contributed by atoms with Crippen LogP contribution in [0.15, 0.2) is 16.7 Å². The molecule has 0 aromatic carbocycles. The second-order valence-corrected chi connectivity index (χ2v) is 8.54. The summed E-state index contributed by atoms with van der Waals surface area (Å²) in [5.74, 6) is 1.37. The molecule has 1 aliphatic carbocycles. The van der Waals surface area contributed by atoms with E-state index < -0.39 is 0 Å². The Bertz CT molecular complexity index is 666. The van der Waals surface area contributed by atoms with Crippen molar-refractivity contribution in [2.75, 3.05) is 19.6 Å². The van der Waals surface area contributed by atoms with Gasteiger partial charge in [-0.3, -0.25) is 9.69 Å². The lowest BCUT2D eigenvalue weighted by molar-refractivity contribution is -0.000880. The summed E-state index contributed by atoms with van der Waals surface area (Å²) in [6.45, 7) is 4.88. The highest BCUT2D eigenvalue weighted by atomic mass is 16.5. The summed E-state index contributed by atoms with van der Waals surface area (Å²) in [6.07, 6.45) is 9.72. The van der Waals surface area contributed by atoms with E-state index in [-0.39, 0.29) is 11.5 Å². The number of nitrogens with one attached hydrogen (secondary N) is 1. The molecule has 5 heteroatoms. The highest BCUT2D eigenvalue weighted by molar-refractivity contribution is 5.92. The second kappa shape index (κ2) is 5.85. The quantitative estimate of drug-likeness (QED) is 0.912. The standard InChI is InChI=1S/C20H28N2O3/c1-13-7-9-24-18(13)19(23)21-10-15-16-11-22(14-4-2-3-5-14)12-20(16)8-6-17(15)25-20/h7,9,14-17H,2-6,8,10-12H2,1H3,(H,21,23)/t15-,16+,17+,20+/m0/s1. The van der Waals surface area contributed by atoms with E-state index in [2.05, 4.69) is 10.2 Å². The Morgan fingerprint density at radius 2 is 2.20 bits per heavy atom. The third-order valence-corrected chi connectivity index (χ3v) is 7.22. The van der Waals surface area contributed by atoms with E-state index >= 15 is 0 Å². The van der Waals surface area contributed by atoms with Crippen LogP contribution in [0.2, 0.25) is 0 Å². The molecular formula is C20H28N2O3. The summed E-state index contributed by atoms with van der Waals surface area (Å²) in [5.41, 5.74) is 0.968. The number of ether oxygens (including phenoxy) is 1. The number of likely N-dealkylation sites (tertiary alicyclic amines) is 1. The summed E-state index contributed by atoms with van der Waals surface area (Å²) >= 11 is 0. The van der Waals surface area contributed by atoms with Gasteiger partial charge in [0.05, 0.1) is 18.0 Å². The Morgan fingerprint density at radius 3 is 2.96 bits per heavy atom. The van der Waals surface area contributed by atoms with E-state index in [9.17, 15) is 4.79 Å². The molecular weight excluding hydrogens is 316 g/mol. The van der Waals surface area contributed by atoms with Gasteiger partial charge in [0.15, 0.2) is 5.76 Å². The van der Waals surface area contributed by atoms with E-state index in [0.29, 0.717) is 30.2 Å². The summed E-state index contributed by atoms with van der Waals surface area (Å²) < 4.78 is 11.8. The van der Waals surface area contributed by atoms with Gasteiger partial charge in [-0.05, 0) is 38.7 Å². The number of carbonyl (C=O) groups excluding carboxylic acids is 1. The molecule has 4 aliphatic rings. The fourth-order valence-electron chi connectivity index (χ4n) is 5.94. The van der Waals surface area contributed by atoms with Crippen molar-refractivity contribution in [1.29, 1.82) is 0 Å². The Labute approximate surface area is 149 Å². The number of hydrogen-bond acceptors (Lipinski definition) is 4. The van der Waals surface area contributed by atoms with Crippen molar-refractivity contribution >= 4 is 5.91 Å². The molecule has 1 N–H and O–H groups in total. The molecule has 5 nitrogen and oxygen atoms in total. The summed E-state index contributed by atoms with van der Waals surface area (Å²) in [6, 6.07) is 2.60. The van der Waals surface area contributed by atoms with E-state index in [1.807, 2.05) is 13.0 Å². The van der Waals surface area contributed by atoms with E-state index in [0.717, 1.165) is 31.1 Å². The molecule has 1 saturated carbocycles. The number of rotatable bonds is 4. The molecule has 0 radical (unpaired) electrons. The van der Waals surface area contributed by atoms with Crippen molar-refractivity contribution in [2.45, 2.75) is 63.2 Å². The maximum Gasteiger partial charge on any atom is 0.287 e. The minimum atomic E-state index is -0.0926. The molecule has 1 aromatic rings. The number of aryl methyl sites for hydroxylation is 1. The van der Waals surface area contributed by atoms with Crippen LogP contribution >= 0.6 is 0 Å². The lowest BCUT2D eigenvalue weighted by Crippen LogP contribution is -2.41. The molecule has 1 aromatic heterocycles. The molecule has 4 atom stereocenters. The SMILES string of the molecule is Cc1ccoc1C(=O)NC[C@H]1[C@H]2CN(C3CCCC3)C[C@]23CC[C@H]1O3. The first-order chi connectivity index (χ1) is 12.2. The van der Waals surface area contributed by atoms with Gasteiger partial charge in [-0.1, -0.05) is 12.8 Å². The van der Waals surface area contributed by atoms with Crippen LogP contribution in [-0.2, 0) is 4.74 Å². The van der Waals surface area contributed by atoms with Crippen molar-refractivity contribution < 1.29 is 13.9 Å². The Morgan fingerprint density at radius 1 is 1.36 bits per heavy atom. The molecule has 25 heavy (non-hydrogen) atoms. The van der Waals surface area contributed by atoms with Gasteiger partial charge in [0.2, 0.25) is 0 Å². The molecule has 5 rings (SSSR count). The van der Waals surface area contributed by atoms with Crippen LogP contribution in [0.1, 0.15) is 54.6 Å². The van der Waals surface area contributed by atoms with Gasteiger partial charge in [-0.2, -0.15) is 0 Å². The summed E-state index contributed by atoms with van der Waals surface area (Å²) in [7, 11) is 0. The number of amides is 1. The number of hydrogen-bond donors (Lipinski definition) is 1. The molecule has 3 aliphatic heterocycles. The van der Waals surface area contributed by atoms with Gasteiger partial charge in [-0.25, -0.2) is 0 Å². The predicted octanol–water partition coefficient (Wildman–Crippen LogP) is 2.74. The normalized spacial score (nSPS) is 37.7. The van der Waals surface area contributed by atoms with Crippen LogP contribution in [0.25, 0.3) is 0 Å². The van der Waals surface area contributed by atoms with Gasteiger partial charge < -0.3 is 14.5 Å². The van der Waals surface area contributed by atoms with Gasteiger partial charge in [0.1, 0.15) is 0 Å². The Balaban J connectivity index is 1.27. The Kier molecular flexibility index (Phi) is 3.72. The second-order valence-electron chi connectivity index (χ2n) is 8.54. The minimum Gasteiger partial charge on any atom is -0.459 e. The highest BCUT2D eigenvalue weighted by Crippen LogP contribution is 2.55. The largest absolute Gasteiger partial charge is 0.459 e. The van der Waals surface area contributed by atoms with E-state index in [4.69, 9.17) is 9.15 Å². The smallest absolute Gasteiger partial charge is 0.287 e. The molecule has 1 amide bonds. The van der Waals surface area contributed by atoms with Crippen LogP contribution in [0.5, 0.6) is 0 Å². The first-order valence-electron chi connectivity index (χ1n) is 9.90. The number of nitrogens with zero attached hydrogens (tertiary/aromatic N) is 1. The van der Waals surface area contributed by atoms with Gasteiger partial charge in [-0.15, -0.1) is 0 Å². The van der Waals surface area contributed by atoms with Crippen LogP contribution in [0, 0.1) is 18.8 Å². The van der Waals surface area contributed by atoms with Crippen LogP contribution in [0.4, 0.5) is 0 Å². The predicted molar refractivity (Wildman–Crippen MR) is 93.4 cm³/mol. The maximum absolute atomic E-state index is 12.4. The minimum absolute atomic E-state index is 0.0727. The molecule has 3 saturated heterocycles. The van der Waals surface area contributed by atoms with Crippen molar-refractivity contribution in [3.05, 3.63) is 23.7 Å². The molecule has 2 bridgehead atoms. The lowest BCUT2D eigenvalue weighted by Gasteiger charge is -2.29. The van der Waals surface area contributed by atoms with Crippen LogP contribution in [0.3, 0.4) is 0 Å². The van der Waals surface area contributed by atoms with Gasteiger partial charge in [0.25, 0.3) is 5.91 Å². The number of carbonyl (C=O) groups is 1. The monoisotopic (exact) mass is 344 g/mol. The lowest BCUT2D eigenvalue weighted by atomic mass is 9.73. The fraction of sp³-hybridized carbons (Fsp3) is 0.750. The third-order valence-electron chi connectivity index (χ3n) is 7.22. The Hall–Kier alpha value is -1.33.